The van der Waals surface area contributed by atoms with E-state index in [1.165, 1.54) is 0 Å². The molecule has 0 radical (unpaired) electrons. The molecular formula is C16H27N3O2S. The van der Waals surface area contributed by atoms with Crippen LogP contribution in [0.4, 0.5) is 10.6 Å². The van der Waals surface area contributed by atoms with Crippen LogP contribution in [0.3, 0.4) is 0 Å². The molecule has 0 spiro atoms. The van der Waals surface area contributed by atoms with E-state index in [4.69, 9.17) is 4.74 Å². The van der Waals surface area contributed by atoms with Crippen molar-refractivity contribution in [2.45, 2.75) is 57.9 Å². The number of thiazole rings is 1. The first-order valence-electron chi connectivity index (χ1n) is 8.05. The summed E-state index contributed by atoms with van der Waals surface area (Å²) in [6.07, 6.45) is 4.06. The quantitative estimate of drug-likeness (QED) is 0.857. The minimum Gasteiger partial charge on any atom is -0.382 e. The second-order valence-electron chi connectivity index (χ2n) is 6.31. The van der Waals surface area contributed by atoms with Crippen molar-refractivity contribution in [2.75, 3.05) is 25.6 Å². The van der Waals surface area contributed by atoms with Gasteiger partial charge in [0.2, 0.25) is 0 Å². The van der Waals surface area contributed by atoms with Gasteiger partial charge in [-0.2, -0.15) is 0 Å². The molecule has 1 aliphatic heterocycles. The standard InChI is InChI=1S/C16H27N3O2S/c1-5-7-16(10-21-4)8-6-9-19(16)15(20)18-14-13(12(2)3)22-11-17-14/h11-12H,5-10H2,1-4H3,(H,18,20). The second-order valence-corrected chi connectivity index (χ2v) is 7.20. The number of likely N-dealkylation sites (tertiary alicyclic amines) is 1. The number of methoxy groups -OCH3 is 1. The molecule has 1 fully saturated rings. The van der Waals surface area contributed by atoms with Crippen molar-refractivity contribution >= 4 is 23.2 Å². The van der Waals surface area contributed by atoms with Crippen LogP contribution >= 0.6 is 11.3 Å². The summed E-state index contributed by atoms with van der Waals surface area (Å²) in [6.45, 7) is 7.78. The maximum Gasteiger partial charge on any atom is 0.323 e. The highest BCUT2D eigenvalue weighted by atomic mass is 32.1. The summed E-state index contributed by atoms with van der Waals surface area (Å²) in [5.41, 5.74) is 1.63. The van der Waals surface area contributed by atoms with Gasteiger partial charge in [-0.05, 0) is 25.2 Å². The van der Waals surface area contributed by atoms with E-state index in [-0.39, 0.29) is 11.6 Å². The summed E-state index contributed by atoms with van der Waals surface area (Å²) >= 11 is 1.59. The number of nitrogens with zero attached hydrogens (tertiary/aromatic N) is 2. The van der Waals surface area contributed by atoms with Gasteiger partial charge >= 0.3 is 6.03 Å². The third-order valence-electron chi connectivity index (χ3n) is 4.31. The molecule has 0 bridgehead atoms. The summed E-state index contributed by atoms with van der Waals surface area (Å²) in [4.78, 5) is 20.2. The van der Waals surface area contributed by atoms with Crippen molar-refractivity contribution in [3.63, 3.8) is 0 Å². The van der Waals surface area contributed by atoms with Gasteiger partial charge in [-0.25, -0.2) is 9.78 Å². The van der Waals surface area contributed by atoms with Crippen LogP contribution in [0.25, 0.3) is 0 Å². The third-order valence-corrected chi connectivity index (χ3v) is 5.44. The molecule has 22 heavy (non-hydrogen) atoms. The molecule has 0 saturated carbocycles. The zero-order valence-corrected chi connectivity index (χ0v) is 14.8. The fourth-order valence-electron chi connectivity index (χ4n) is 3.40. The van der Waals surface area contributed by atoms with E-state index in [1.54, 1.807) is 24.0 Å². The van der Waals surface area contributed by atoms with Crippen molar-refractivity contribution in [3.05, 3.63) is 10.4 Å². The highest BCUT2D eigenvalue weighted by molar-refractivity contribution is 7.10. The molecule has 0 aliphatic carbocycles. The molecule has 2 heterocycles. The van der Waals surface area contributed by atoms with Gasteiger partial charge in [0, 0.05) is 13.7 Å². The van der Waals surface area contributed by atoms with Gasteiger partial charge in [0.15, 0.2) is 0 Å². The predicted octanol–water partition coefficient (Wildman–Crippen LogP) is 4.08. The Morgan fingerprint density at radius 1 is 1.59 bits per heavy atom. The Morgan fingerprint density at radius 3 is 3.00 bits per heavy atom. The number of anilines is 1. The molecule has 1 aromatic heterocycles. The molecule has 0 aromatic carbocycles. The number of rotatable bonds is 6. The van der Waals surface area contributed by atoms with Crippen molar-refractivity contribution in [3.8, 4) is 0 Å². The van der Waals surface area contributed by atoms with Crippen LogP contribution in [0.15, 0.2) is 5.51 Å². The average Bonchev–Trinajstić information content (AvgIpc) is 3.06. The second kappa shape index (κ2) is 7.42. The van der Waals surface area contributed by atoms with E-state index >= 15 is 0 Å². The van der Waals surface area contributed by atoms with Gasteiger partial charge in [0.1, 0.15) is 5.82 Å². The van der Waals surface area contributed by atoms with Gasteiger partial charge in [0.05, 0.1) is 22.5 Å². The number of urea groups is 1. The fraction of sp³-hybridized carbons (Fsp3) is 0.750. The van der Waals surface area contributed by atoms with E-state index in [0.29, 0.717) is 18.3 Å². The lowest BCUT2D eigenvalue weighted by atomic mass is 9.91. The molecule has 1 aliphatic rings. The first kappa shape index (κ1) is 17.2. The van der Waals surface area contributed by atoms with Gasteiger partial charge in [-0.1, -0.05) is 27.2 Å². The van der Waals surface area contributed by atoms with Crippen molar-refractivity contribution in [1.29, 1.82) is 0 Å². The smallest absolute Gasteiger partial charge is 0.323 e. The molecule has 5 nitrogen and oxygen atoms in total. The third kappa shape index (κ3) is 3.43. The summed E-state index contributed by atoms with van der Waals surface area (Å²) < 4.78 is 5.42. The maximum absolute atomic E-state index is 12.8. The van der Waals surface area contributed by atoms with Crippen LogP contribution in [0, 0.1) is 0 Å². The van der Waals surface area contributed by atoms with Crippen LogP contribution in [0.2, 0.25) is 0 Å². The lowest BCUT2D eigenvalue weighted by Gasteiger charge is -2.38. The van der Waals surface area contributed by atoms with Crippen molar-refractivity contribution < 1.29 is 9.53 Å². The number of hydrogen-bond acceptors (Lipinski definition) is 4. The summed E-state index contributed by atoms with van der Waals surface area (Å²) in [6, 6.07) is -0.0456. The Hall–Kier alpha value is -1.14. The summed E-state index contributed by atoms with van der Waals surface area (Å²) in [5.74, 6) is 1.07. The average molecular weight is 325 g/mol. The highest BCUT2D eigenvalue weighted by Crippen LogP contribution is 2.35. The number of carbonyl (C=O) groups is 1. The van der Waals surface area contributed by atoms with Gasteiger partial charge < -0.3 is 9.64 Å². The van der Waals surface area contributed by atoms with Crippen LogP contribution in [0.1, 0.15) is 57.2 Å². The van der Waals surface area contributed by atoms with Crippen LogP contribution < -0.4 is 5.32 Å². The maximum atomic E-state index is 12.8. The largest absolute Gasteiger partial charge is 0.382 e. The highest BCUT2D eigenvalue weighted by Gasteiger charge is 2.43. The molecule has 2 rings (SSSR count). The van der Waals surface area contributed by atoms with Gasteiger partial charge in [0.25, 0.3) is 0 Å². The lowest BCUT2D eigenvalue weighted by Crippen LogP contribution is -2.52. The zero-order valence-electron chi connectivity index (χ0n) is 14.0. The molecule has 1 unspecified atom stereocenters. The molecule has 124 valence electrons. The van der Waals surface area contributed by atoms with E-state index in [0.717, 1.165) is 37.1 Å². The van der Waals surface area contributed by atoms with E-state index in [1.807, 2.05) is 4.90 Å². The number of hydrogen-bond donors (Lipinski definition) is 1. The molecule has 1 atom stereocenters. The van der Waals surface area contributed by atoms with Gasteiger partial charge in [-0.15, -0.1) is 11.3 Å². The lowest BCUT2D eigenvalue weighted by molar-refractivity contribution is 0.0539. The molecule has 2 amide bonds. The minimum absolute atomic E-state index is 0.0456. The number of nitrogens with one attached hydrogen (secondary N) is 1. The molecule has 1 saturated heterocycles. The molecule has 1 N–H and O–H groups in total. The van der Waals surface area contributed by atoms with Crippen LogP contribution in [-0.4, -0.2) is 41.7 Å². The number of amides is 2. The van der Waals surface area contributed by atoms with Crippen molar-refractivity contribution in [1.82, 2.24) is 9.88 Å². The first-order chi connectivity index (χ1) is 10.5. The van der Waals surface area contributed by atoms with Gasteiger partial charge in [-0.3, -0.25) is 5.32 Å². The fourth-order valence-corrected chi connectivity index (χ4v) is 4.16. The van der Waals surface area contributed by atoms with Crippen molar-refractivity contribution in [2.24, 2.45) is 0 Å². The van der Waals surface area contributed by atoms with E-state index in [2.05, 4.69) is 31.1 Å². The Bertz CT molecular complexity index is 495. The number of ether oxygens (including phenoxy) is 1. The monoisotopic (exact) mass is 325 g/mol. The topological polar surface area (TPSA) is 54.5 Å². The van der Waals surface area contributed by atoms with E-state index in [9.17, 15) is 4.79 Å². The Kier molecular flexibility index (Phi) is 5.81. The normalized spacial score (nSPS) is 21.6. The molecule has 6 heteroatoms. The summed E-state index contributed by atoms with van der Waals surface area (Å²) in [5, 5.41) is 3.02. The predicted molar refractivity (Wildman–Crippen MR) is 90.7 cm³/mol. The number of carbonyl (C=O) groups excluding carboxylic acids is 1. The molecular weight excluding hydrogens is 298 g/mol. The Balaban J connectivity index is 2.15. The Morgan fingerprint density at radius 2 is 2.36 bits per heavy atom. The van der Waals surface area contributed by atoms with Crippen LogP contribution in [0.5, 0.6) is 0 Å². The van der Waals surface area contributed by atoms with Crippen LogP contribution in [-0.2, 0) is 4.74 Å². The summed E-state index contributed by atoms with van der Waals surface area (Å²) in [7, 11) is 1.71. The SMILES string of the molecule is CCCC1(COC)CCCN1C(=O)Nc1ncsc1C(C)C. The first-order valence-corrected chi connectivity index (χ1v) is 8.93. The Labute approximate surface area is 137 Å². The number of aromatic nitrogens is 1. The minimum atomic E-state index is -0.165. The van der Waals surface area contributed by atoms with E-state index < -0.39 is 0 Å². The molecule has 1 aromatic rings. The zero-order chi connectivity index (χ0) is 16.2.